The van der Waals surface area contributed by atoms with E-state index in [0.717, 1.165) is 49.5 Å². The molecule has 31 heavy (non-hydrogen) atoms. The fourth-order valence-electron chi connectivity index (χ4n) is 4.80. The van der Waals surface area contributed by atoms with Crippen LogP contribution in [0.1, 0.15) is 23.1 Å². The van der Waals surface area contributed by atoms with Crippen molar-refractivity contribution in [2.45, 2.75) is 26.3 Å². The average molecular weight is 416 g/mol. The molecule has 4 heteroatoms. The summed E-state index contributed by atoms with van der Waals surface area (Å²) in [4.78, 5) is 2.35. The first kappa shape index (κ1) is 20.1. The first-order chi connectivity index (χ1) is 15.2. The summed E-state index contributed by atoms with van der Waals surface area (Å²) in [6.07, 6.45) is 2.22. The Morgan fingerprint density at radius 3 is 2.42 bits per heavy atom. The van der Waals surface area contributed by atoms with Crippen LogP contribution in [0.4, 0.5) is 0 Å². The molecule has 0 unspecified atom stereocenters. The van der Waals surface area contributed by atoms with Crippen molar-refractivity contribution < 1.29 is 14.6 Å². The summed E-state index contributed by atoms with van der Waals surface area (Å²) in [6, 6.07) is 19.6. The van der Waals surface area contributed by atoms with Gasteiger partial charge in [-0.05, 0) is 77.4 Å². The van der Waals surface area contributed by atoms with E-state index < -0.39 is 0 Å². The lowest BCUT2D eigenvalue weighted by atomic mass is 9.90. The first-order valence-electron chi connectivity index (χ1n) is 11.2. The Balaban J connectivity index is 1.49. The van der Waals surface area contributed by atoms with Gasteiger partial charge in [0.2, 0.25) is 0 Å². The van der Waals surface area contributed by atoms with Gasteiger partial charge in [0.1, 0.15) is 13.2 Å². The third-order valence-corrected chi connectivity index (χ3v) is 6.43. The van der Waals surface area contributed by atoms with E-state index in [4.69, 9.17) is 9.47 Å². The van der Waals surface area contributed by atoms with Crippen LogP contribution in [0.2, 0.25) is 0 Å². The van der Waals surface area contributed by atoms with Gasteiger partial charge in [-0.15, -0.1) is 0 Å². The lowest BCUT2D eigenvalue weighted by molar-refractivity contribution is 0.171. The molecule has 0 aromatic heterocycles. The largest absolute Gasteiger partial charge is 0.486 e. The van der Waals surface area contributed by atoms with Crippen molar-refractivity contribution in [3.8, 4) is 33.8 Å². The molecule has 0 saturated heterocycles. The molecule has 3 aromatic carbocycles. The van der Waals surface area contributed by atoms with Gasteiger partial charge in [0.05, 0.1) is 6.61 Å². The first-order valence-corrected chi connectivity index (χ1v) is 11.2. The number of benzene rings is 3. The lowest BCUT2D eigenvalue weighted by Crippen LogP contribution is -2.26. The molecule has 3 aromatic rings. The summed E-state index contributed by atoms with van der Waals surface area (Å²) in [6.45, 7) is 6.35. The Labute approximate surface area is 184 Å². The van der Waals surface area contributed by atoms with Crippen molar-refractivity contribution in [1.29, 1.82) is 0 Å². The molecule has 2 heterocycles. The van der Waals surface area contributed by atoms with E-state index in [0.29, 0.717) is 13.2 Å². The maximum absolute atomic E-state index is 9.31. The Bertz CT molecular complexity index is 1090. The van der Waals surface area contributed by atoms with Crippen LogP contribution in [0.25, 0.3) is 22.3 Å². The van der Waals surface area contributed by atoms with Gasteiger partial charge in [-0.25, -0.2) is 0 Å². The second kappa shape index (κ2) is 8.74. The van der Waals surface area contributed by atoms with Crippen molar-refractivity contribution in [2.24, 2.45) is 0 Å². The Morgan fingerprint density at radius 2 is 1.61 bits per heavy atom. The second-order valence-corrected chi connectivity index (χ2v) is 8.42. The molecule has 160 valence electrons. The molecule has 0 bridgehead atoms. The summed E-state index contributed by atoms with van der Waals surface area (Å²) in [5.74, 6) is 1.65. The van der Waals surface area contributed by atoms with E-state index in [2.05, 4.69) is 60.4 Å². The van der Waals surface area contributed by atoms with Gasteiger partial charge in [-0.3, -0.25) is 4.90 Å². The van der Waals surface area contributed by atoms with E-state index in [-0.39, 0.29) is 6.61 Å². The predicted molar refractivity (Wildman–Crippen MR) is 124 cm³/mol. The highest BCUT2D eigenvalue weighted by molar-refractivity contribution is 5.79. The van der Waals surface area contributed by atoms with Crippen molar-refractivity contribution in [2.75, 3.05) is 32.9 Å². The maximum atomic E-state index is 9.31. The van der Waals surface area contributed by atoms with E-state index in [9.17, 15) is 5.11 Å². The van der Waals surface area contributed by atoms with Gasteiger partial charge in [0, 0.05) is 13.1 Å². The summed E-state index contributed by atoms with van der Waals surface area (Å²) in [5.41, 5.74) is 9.00. The molecule has 0 atom stereocenters. The number of ether oxygens (including phenoxy) is 2. The van der Waals surface area contributed by atoms with Crippen LogP contribution in [-0.4, -0.2) is 42.9 Å². The number of nitrogens with zero attached hydrogens (tertiary/aromatic N) is 1. The van der Waals surface area contributed by atoms with E-state index in [1.165, 1.54) is 33.4 Å². The summed E-state index contributed by atoms with van der Waals surface area (Å²) in [5, 5.41) is 9.31. The third-order valence-electron chi connectivity index (χ3n) is 6.43. The number of aryl methyl sites for hydroxylation is 1. The number of rotatable bonds is 4. The molecule has 0 fully saturated rings. The van der Waals surface area contributed by atoms with Crippen LogP contribution >= 0.6 is 0 Å². The molecule has 0 radical (unpaired) electrons. The molecule has 0 saturated carbocycles. The number of hydrogen-bond acceptors (Lipinski definition) is 4. The third kappa shape index (κ3) is 4.06. The number of fused-ring (bicyclic) bond motifs is 2. The molecule has 0 spiro atoms. The van der Waals surface area contributed by atoms with E-state index in [1.54, 1.807) is 0 Å². The van der Waals surface area contributed by atoms with Crippen LogP contribution in [0.5, 0.6) is 11.5 Å². The summed E-state index contributed by atoms with van der Waals surface area (Å²) < 4.78 is 11.5. The molecule has 5 rings (SSSR count). The van der Waals surface area contributed by atoms with E-state index >= 15 is 0 Å². The molecule has 0 amide bonds. The SMILES string of the molecule is Cc1c(-c2ccc3c(c2)CCCN(CCO)C3)cccc1-c1ccc2c(c1)OCCO2. The highest BCUT2D eigenvalue weighted by Crippen LogP contribution is 2.38. The van der Waals surface area contributed by atoms with Crippen LogP contribution in [0, 0.1) is 6.92 Å². The predicted octanol–water partition coefficient (Wildman–Crippen LogP) is 4.84. The molecule has 4 nitrogen and oxygen atoms in total. The minimum atomic E-state index is 0.221. The highest BCUT2D eigenvalue weighted by atomic mass is 16.6. The van der Waals surface area contributed by atoms with Gasteiger partial charge < -0.3 is 14.6 Å². The fourth-order valence-corrected chi connectivity index (χ4v) is 4.80. The maximum Gasteiger partial charge on any atom is 0.161 e. The Kier molecular flexibility index (Phi) is 5.66. The van der Waals surface area contributed by atoms with Crippen molar-refractivity contribution >= 4 is 0 Å². The molecule has 1 N–H and O–H groups in total. The normalized spacial score (nSPS) is 15.9. The van der Waals surface area contributed by atoms with Gasteiger partial charge in [0.25, 0.3) is 0 Å². The molecule has 2 aliphatic heterocycles. The smallest absolute Gasteiger partial charge is 0.161 e. The second-order valence-electron chi connectivity index (χ2n) is 8.42. The Hall–Kier alpha value is -2.82. The summed E-state index contributed by atoms with van der Waals surface area (Å²) in [7, 11) is 0. The minimum Gasteiger partial charge on any atom is -0.486 e. The molecular formula is C27H29NO3. The van der Waals surface area contributed by atoms with Crippen molar-refractivity contribution in [3.63, 3.8) is 0 Å². The standard InChI is InChI=1S/C27H29NO3/c1-19-24(21-7-8-23-18-28(12-13-29)11-3-4-20(23)16-21)5-2-6-25(19)22-9-10-26-27(17-22)31-15-14-30-26/h2,5-10,16-17,29H,3-4,11-15,18H2,1H3. The van der Waals surface area contributed by atoms with Crippen molar-refractivity contribution in [3.05, 3.63) is 71.3 Å². The zero-order valence-electron chi connectivity index (χ0n) is 18.1. The highest BCUT2D eigenvalue weighted by Gasteiger charge is 2.17. The molecular weight excluding hydrogens is 386 g/mol. The average Bonchev–Trinajstić information content (AvgIpc) is 3.00. The zero-order valence-corrected chi connectivity index (χ0v) is 18.1. The van der Waals surface area contributed by atoms with Gasteiger partial charge >= 0.3 is 0 Å². The zero-order chi connectivity index (χ0) is 21.2. The number of β-amino-alcohol motifs (C(OH)–C–C–N with tert-alkyl or cyclic N) is 1. The minimum absolute atomic E-state index is 0.221. The van der Waals surface area contributed by atoms with Crippen LogP contribution in [0.15, 0.2) is 54.6 Å². The Morgan fingerprint density at radius 1 is 0.871 bits per heavy atom. The lowest BCUT2D eigenvalue weighted by Gasteiger charge is -2.20. The topological polar surface area (TPSA) is 41.9 Å². The summed E-state index contributed by atoms with van der Waals surface area (Å²) >= 11 is 0. The monoisotopic (exact) mass is 415 g/mol. The van der Waals surface area contributed by atoms with Gasteiger partial charge in [-0.1, -0.05) is 42.5 Å². The number of hydrogen-bond donors (Lipinski definition) is 1. The van der Waals surface area contributed by atoms with Gasteiger partial charge in [0.15, 0.2) is 11.5 Å². The quantitative estimate of drug-likeness (QED) is 0.662. The fraction of sp³-hybridized carbons (Fsp3) is 0.333. The number of aliphatic hydroxyl groups excluding tert-OH is 1. The van der Waals surface area contributed by atoms with Crippen LogP contribution < -0.4 is 9.47 Å². The molecule has 2 aliphatic rings. The number of aliphatic hydroxyl groups is 1. The van der Waals surface area contributed by atoms with Gasteiger partial charge in [-0.2, -0.15) is 0 Å². The van der Waals surface area contributed by atoms with E-state index in [1.807, 2.05) is 6.07 Å². The molecule has 0 aliphatic carbocycles. The van der Waals surface area contributed by atoms with Crippen LogP contribution in [0.3, 0.4) is 0 Å². The van der Waals surface area contributed by atoms with Crippen molar-refractivity contribution in [1.82, 2.24) is 4.90 Å². The van der Waals surface area contributed by atoms with Crippen LogP contribution in [-0.2, 0) is 13.0 Å².